The quantitative estimate of drug-likeness (QED) is 0.880. The van der Waals surface area contributed by atoms with Gasteiger partial charge in [0.2, 0.25) is 5.91 Å². The first-order chi connectivity index (χ1) is 9.40. The Morgan fingerprint density at radius 1 is 1.45 bits per heavy atom. The lowest BCUT2D eigenvalue weighted by atomic mass is 10.3. The summed E-state index contributed by atoms with van der Waals surface area (Å²) in [6, 6.07) is 1.88. The molecule has 5 nitrogen and oxygen atoms in total. The van der Waals surface area contributed by atoms with Crippen LogP contribution in [0.3, 0.4) is 0 Å². The van der Waals surface area contributed by atoms with Crippen LogP contribution in [0.4, 0.5) is 5.69 Å². The molecule has 0 saturated heterocycles. The van der Waals surface area contributed by atoms with Gasteiger partial charge in [-0.25, -0.2) is 0 Å². The minimum Gasteiger partial charge on any atom is -0.468 e. The molecule has 2 rings (SSSR count). The molecule has 2 aromatic heterocycles. The molecule has 0 saturated carbocycles. The molecule has 1 atom stereocenters. The van der Waals surface area contributed by atoms with E-state index >= 15 is 0 Å². The number of nitrogens with one attached hydrogen (secondary N) is 1. The number of carbonyl (C=O) groups excluding carboxylic acids is 1. The fourth-order valence-electron chi connectivity index (χ4n) is 1.92. The number of furan rings is 1. The van der Waals surface area contributed by atoms with Crippen LogP contribution in [0.15, 0.2) is 21.6 Å². The number of hydrogen-bond donors (Lipinski definition) is 1. The molecule has 108 valence electrons. The zero-order valence-electron chi connectivity index (χ0n) is 12.4. The van der Waals surface area contributed by atoms with Crippen molar-refractivity contribution in [2.45, 2.75) is 37.8 Å². The highest BCUT2D eigenvalue weighted by Gasteiger charge is 2.19. The second-order valence-corrected chi connectivity index (χ2v) is 6.14. The van der Waals surface area contributed by atoms with E-state index in [0.29, 0.717) is 0 Å². The molecule has 0 spiro atoms. The molecule has 0 fully saturated rings. The third kappa shape index (κ3) is 2.90. The molecule has 1 N–H and O–H groups in total. The van der Waals surface area contributed by atoms with Crippen molar-refractivity contribution in [2.24, 2.45) is 7.05 Å². The van der Waals surface area contributed by atoms with Gasteiger partial charge in [0.15, 0.2) is 0 Å². The lowest BCUT2D eigenvalue weighted by Crippen LogP contribution is -2.23. The summed E-state index contributed by atoms with van der Waals surface area (Å²) in [6.07, 6.45) is 1.64. The Hall–Kier alpha value is -1.69. The Balaban J connectivity index is 2.06. The summed E-state index contributed by atoms with van der Waals surface area (Å²) in [7, 11) is 1.87. The molecule has 20 heavy (non-hydrogen) atoms. The Morgan fingerprint density at radius 3 is 2.65 bits per heavy atom. The smallest absolute Gasteiger partial charge is 0.237 e. The van der Waals surface area contributed by atoms with Crippen molar-refractivity contribution in [3.63, 3.8) is 0 Å². The minimum absolute atomic E-state index is 0.0326. The normalized spacial score (nSPS) is 12.4. The average molecular weight is 293 g/mol. The first-order valence-corrected chi connectivity index (χ1v) is 7.30. The van der Waals surface area contributed by atoms with Gasteiger partial charge in [0.1, 0.15) is 5.76 Å². The number of nitrogens with zero attached hydrogens (tertiary/aromatic N) is 2. The number of carbonyl (C=O) groups is 1. The molecule has 2 heterocycles. The van der Waals surface area contributed by atoms with Crippen LogP contribution >= 0.6 is 11.8 Å². The Morgan fingerprint density at radius 2 is 2.15 bits per heavy atom. The van der Waals surface area contributed by atoms with E-state index in [2.05, 4.69) is 10.4 Å². The van der Waals surface area contributed by atoms with E-state index in [4.69, 9.17) is 4.42 Å². The van der Waals surface area contributed by atoms with Crippen LogP contribution in [-0.2, 0) is 11.8 Å². The second kappa shape index (κ2) is 5.75. The van der Waals surface area contributed by atoms with Gasteiger partial charge >= 0.3 is 0 Å². The van der Waals surface area contributed by atoms with Gasteiger partial charge in [0, 0.05) is 11.9 Å². The third-order valence-corrected chi connectivity index (χ3v) is 4.49. The molecule has 1 unspecified atom stereocenters. The maximum Gasteiger partial charge on any atom is 0.237 e. The van der Waals surface area contributed by atoms with Gasteiger partial charge in [0.25, 0.3) is 0 Å². The van der Waals surface area contributed by atoms with Crippen LogP contribution in [0.2, 0.25) is 0 Å². The van der Waals surface area contributed by atoms with Gasteiger partial charge in [-0.05, 0) is 33.8 Å². The van der Waals surface area contributed by atoms with Crippen LogP contribution in [-0.4, -0.2) is 20.9 Å². The Kier molecular flexibility index (Phi) is 4.23. The van der Waals surface area contributed by atoms with Crippen LogP contribution in [0.5, 0.6) is 0 Å². The molecule has 0 aliphatic rings. The van der Waals surface area contributed by atoms with Crippen molar-refractivity contribution < 1.29 is 9.21 Å². The molecule has 0 aliphatic carbocycles. The summed E-state index contributed by atoms with van der Waals surface area (Å²) in [5.74, 6) is 0.804. The first-order valence-electron chi connectivity index (χ1n) is 6.42. The second-order valence-electron chi connectivity index (χ2n) is 4.76. The van der Waals surface area contributed by atoms with Crippen molar-refractivity contribution >= 4 is 23.4 Å². The molecule has 1 amide bonds. The van der Waals surface area contributed by atoms with E-state index in [1.165, 1.54) is 11.8 Å². The van der Waals surface area contributed by atoms with E-state index in [1.54, 1.807) is 10.9 Å². The number of amides is 1. The topological polar surface area (TPSA) is 60.1 Å². The van der Waals surface area contributed by atoms with E-state index in [1.807, 2.05) is 40.8 Å². The number of rotatable bonds is 4. The van der Waals surface area contributed by atoms with Crippen LogP contribution in [0, 0.1) is 20.8 Å². The highest BCUT2D eigenvalue weighted by atomic mass is 32.2. The zero-order chi connectivity index (χ0) is 14.9. The summed E-state index contributed by atoms with van der Waals surface area (Å²) in [5.41, 5.74) is 2.58. The first kappa shape index (κ1) is 14.7. The van der Waals surface area contributed by atoms with Crippen molar-refractivity contribution in [3.8, 4) is 0 Å². The number of thioether (sulfide) groups is 1. The summed E-state index contributed by atoms with van der Waals surface area (Å²) in [5, 5.41) is 7.05. The highest BCUT2D eigenvalue weighted by molar-refractivity contribution is 8.00. The van der Waals surface area contributed by atoms with Gasteiger partial charge in [-0.15, -0.1) is 11.8 Å². The molecule has 0 aromatic carbocycles. The fraction of sp³-hybridized carbons (Fsp3) is 0.429. The molecule has 2 aromatic rings. The van der Waals surface area contributed by atoms with E-state index in [0.717, 1.165) is 27.7 Å². The number of anilines is 1. The lowest BCUT2D eigenvalue weighted by Gasteiger charge is -2.11. The molecule has 0 radical (unpaired) electrons. The predicted octanol–water partition coefficient (Wildman–Crippen LogP) is 3.06. The Bertz CT molecular complexity index is 630. The third-order valence-electron chi connectivity index (χ3n) is 3.24. The number of aromatic nitrogens is 2. The average Bonchev–Trinajstić information content (AvgIpc) is 2.89. The molecule has 0 bridgehead atoms. The predicted molar refractivity (Wildman–Crippen MR) is 80.1 cm³/mol. The van der Waals surface area contributed by atoms with Gasteiger partial charge in [0.05, 0.1) is 28.6 Å². The van der Waals surface area contributed by atoms with E-state index in [-0.39, 0.29) is 11.2 Å². The fourth-order valence-corrected chi connectivity index (χ4v) is 2.81. The molecular weight excluding hydrogens is 274 g/mol. The number of hydrogen-bond acceptors (Lipinski definition) is 4. The molecule has 6 heteroatoms. The van der Waals surface area contributed by atoms with Crippen molar-refractivity contribution in [3.05, 3.63) is 29.5 Å². The summed E-state index contributed by atoms with van der Waals surface area (Å²) < 4.78 is 7.01. The standard InChI is InChI=1S/C14H19N3O2S/c1-8-13(9(2)17(5)16-8)15-14(18)11(4)20-12-6-7-19-10(12)3/h6-7,11H,1-5H3,(H,15,18). The monoisotopic (exact) mass is 293 g/mol. The van der Waals surface area contributed by atoms with Crippen molar-refractivity contribution in [1.29, 1.82) is 0 Å². The van der Waals surface area contributed by atoms with Crippen LogP contribution < -0.4 is 5.32 Å². The van der Waals surface area contributed by atoms with Gasteiger partial charge in [-0.3, -0.25) is 9.48 Å². The Labute approximate surface area is 122 Å². The van der Waals surface area contributed by atoms with E-state index in [9.17, 15) is 4.79 Å². The number of aryl methyl sites for hydroxylation is 3. The maximum atomic E-state index is 12.3. The van der Waals surface area contributed by atoms with Gasteiger partial charge in [-0.1, -0.05) is 0 Å². The van der Waals surface area contributed by atoms with Crippen molar-refractivity contribution in [1.82, 2.24) is 9.78 Å². The summed E-state index contributed by atoms with van der Waals surface area (Å²) in [6.45, 7) is 7.60. The van der Waals surface area contributed by atoms with E-state index < -0.39 is 0 Å². The largest absolute Gasteiger partial charge is 0.468 e. The SMILES string of the molecule is Cc1nn(C)c(C)c1NC(=O)C(C)Sc1ccoc1C. The minimum atomic E-state index is -0.203. The van der Waals surface area contributed by atoms with Gasteiger partial charge < -0.3 is 9.73 Å². The molecular formula is C14H19N3O2S. The van der Waals surface area contributed by atoms with Crippen LogP contribution in [0.25, 0.3) is 0 Å². The lowest BCUT2D eigenvalue weighted by molar-refractivity contribution is -0.115. The maximum absolute atomic E-state index is 12.3. The summed E-state index contributed by atoms with van der Waals surface area (Å²) >= 11 is 1.49. The zero-order valence-corrected chi connectivity index (χ0v) is 13.2. The van der Waals surface area contributed by atoms with Gasteiger partial charge in [-0.2, -0.15) is 5.10 Å². The van der Waals surface area contributed by atoms with Crippen LogP contribution in [0.1, 0.15) is 24.1 Å². The van der Waals surface area contributed by atoms with Crippen molar-refractivity contribution in [2.75, 3.05) is 5.32 Å². The molecule has 0 aliphatic heterocycles. The summed E-state index contributed by atoms with van der Waals surface area (Å²) in [4.78, 5) is 13.3. The highest BCUT2D eigenvalue weighted by Crippen LogP contribution is 2.28.